The highest BCUT2D eigenvalue weighted by Gasteiger charge is 2.15. The Morgan fingerprint density at radius 1 is 1.21 bits per heavy atom. The maximum absolute atomic E-state index is 12.5. The van der Waals surface area contributed by atoms with Gasteiger partial charge < -0.3 is 20.2 Å². The molecule has 3 rings (SSSR count). The van der Waals surface area contributed by atoms with Crippen molar-refractivity contribution in [1.82, 2.24) is 15.0 Å². The minimum absolute atomic E-state index is 0.273. The van der Waals surface area contributed by atoms with Crippen molar-refractivity contribution in [1.29, 1.82) is 0 Å². The molecule has 0 atom stereocenters. The maximum atomic E-state index is 12.5. The van der Waals surface area contributed by atoms with Gasteiger partial charge in [-0.15, -0.1) is 0 Å². The Labute approximate surface area is 138 Å². The lowest BCUT2D eigenvalue weighted by atomic mass is 10.1. The Morgan fingerprint density at radius 2 is 1.96 bits per heavy atom. The normalized spacial score (nSPS) is 10.8. The van der Waals surface area contributed by atoms with Crippen LogP contribution in [-0.4, -0.2) is 35.0 Å². The molecule has 0 spiro atoms. The van der Waals surface area contributed by atoms with Crippen molar-refractivity contribution < 1.29 is 4.79 Å². The molecule has 7 heteroatoms. The van der Waals surface area contributed by atoms with E-state index in [2.05, 4.69) is 20.3 Å². The van der Waals surface area contributed by atoms with Crippen LogP contribution in [0.4, 0.5) is 11.5 Å². The molecule has 124 valence electrons. The summed E-state index contributed by atoms with van der Waals surface area (Å²) in [5.74, 6) is 0.500. The molecule has 0 saturated heterocycles. The van der Waals surface area contributed by atoms with Crippen molar-refractivity contribution in [2.24, 2.45) is 0 Å². The van der Waals surface area contributed by atoms with Crippen LogP contribution in [0.1, 0.15) is 21.5 Å². The Morgan fingerprint density at radius 3 is 2.58 bits per heavy atom. The van der Waals surface area contributed by atoms with Crippen LogP contribution in [0.2, 0.25) is 0 Å². The van der Waals surface area contributed by atoms with Crippen LogP contribution in [0.15, 0.2) is 29.2 Å². The lowest BCUT2D eigenvalue weighted by molar-refractivity contribution is 0.102. The highest BCUT2D eigenvalue weighted by molar-refractivity contribution is 6.08. The molecule has 1 aromatic carbocycles. The Hall–Kier alpha value is -3.09. The standard InChI is InChI=1S/C17H19N5O2/c1-9-7-12-15(21-17(24)19-12)14(10(9)2)20-16(23)11-5-6-13(18-8-11)22(3)4/h5-8H,1-4H3,(H,20,23)(H2,19,21,24). The van der Waals surface area contributed by atoms with Gasteiger partial charge in [-0.1, -0.05) is 0 Å². The van der Waals surface area contributed by atoms with Crippen LogP contribution < -0.4 is 15.9 Å². The van der Waals surface area contributed by atoms with Gasteiger partial charge >= 0.3 is 5.69 Å². The smallest absolute Gasteiger partial charge is 0.323 e. The van der Waals surface area contributed by atoms with Crippen molar-refractivity contribution in [3.63, 3.8) is 0 Å². The number of nitrogens with zero attached hydrogens (tertiary/aromatic N) is 2. The number of hydrogen-bond donors (Lipinski definition) is 3. The van der Waals surface area contributed by atoms with E-state index in [-0.39, 0.29) is 11.6 Å². The zero-order chi connectivity index (χ0) is 17.4. The number of rotatable bonds is 3. The molecule has 0 unspecified atom stereocenters. The molecule has 3 N–H and O–H groups in total. The summed E-state index contributed by atoms with van der Waals surface area (Å²) in [6.45, 7) is 3.84. The number of imidazole rings is 1. The van der Waals surface area contributed by atoms with E-state index in [1.165, 1.54) is 6.20 Å². The second-order valence-corrected chi connectivity index (χ2v) is 5.95. The van der Waals surface area contributed by atoms with Gasteiger partial charge in [-0.2, -0.15) is 0 Å². The van der Waals surface area contributed by atoms with Gasteiger partial charge in [0.15, 0.2) is 0 Å². The van der Waals surface area contributed by atoms with Crippen molar-refractivity contribution >= 4 is 28.4 Å². The first-order valence-electron chi connectivity index (χ1n) is 7.53. The summed E-state index contributed by atoms with van der Waals surface area (Å²) in [7, 11) is 3.77. The first-order valence-corrected chi connectivity index (χ1v) is 7.53. The number of carbonyl (C=O) groups excluding carboxylic acids is 1. The number of benzene rings is 1. The van der Waals surface area contributed by atoms with Gasteiger partial charge in [-0.25, -0.2) is 9.78 Å². The van der Waals surface area contributed by atoms with E-state index in [9.17, 15) is 9.59 Å². The van der Waals surface area contributed by atoms with E-state index in [0.717, 1.165) is 16.9 Å². The quantitative estimate of drug-likeness (QED) is 0.688. The number of aryl methyl sites for hydroxylation is 1. The molecule has 2 heterocycles. The van der Waals surface area contributed by atoms with Crippen molar-refractivity contribution in [2.45, 2.75) is 13.8 Å². The summed E-state index contributed by atoms with van der Waals surface area (Å²) in [5, 5.41) is 2.89. The molecular formula is C17H19N5O2. The Kier molecular flexibility index (Phi) is 3.84. The molecule has 0 aliphatic rings. The van der Waals surface area contributed by atoms with Gasteiger partial charge in [0.2, 0.25) is 0 Å². The predicted octanol–water partition coefficient (Wildman–Crippen LogP) is 2.19. The van der Waals surface area contributed by atoms with Crippen LogP contribution in [0.3, 0.4) is 0 Å². The summed E-state index contributed by atoms with van der Waals surface area (Å²) in [6, 6.07) is 5.39. The van der Waals surface area contributed by atoms with E-state index in [1.54, 1.807) is 12.1 Å². The highest BCUT2D eigenvalue weighted by atomic mass is 16.2. The molecular weight excluding hydrogens is 306 g/mol. The third-order valence-electron chi connectivity index (χ3n) is 4.04. The molecule has 7 nitrogen and oxygen atoms in total. The summed E-state index contributed by atoms with van der Waals surface area (Å²) in [4.78, 5) is 35.7. The number of nitrogens with one attached hydrogen (secondary N) is 3. The van der Waals surface area contributed by atoms with Gasteiger partial charge in [0.1, 0.15) is 5.82 Å². The van der Waals surface area contributed by atoms with Crippen LogP contribution in [0.25, 0.3) is 11.0 Å². The summed E-state index contributed by atoms with van der Waals surface area (Å²) >= 11 is 0. The van der Waals surface area contributed by atoms with Crippen LogP contribution >= 0.6 is 0 Å². The average molecular weight is 325 g/mol. The fraction of sp³-hybridized carbons (Fsp3) is 0.235. The lowest BCUT2D eigenvalue weighted by Gasteiger charge is -2.13. The van der Waals surface area contributed by atoms with E-state index in [1.807, 2.05) is 38.9 Å². The number of fused-ring (bicyclic) bond motifs is 1. The number of anilines is 2. The second kappa shape index (κ2) is 5.84. The van der Waals surface area contributed by atoms with E-state index < -0.39 is 0 Å². The third-order valence-corrected chi connectivity index (χ3v) is 4.04. The molecule has 0 aliphatic carbocycles. The van der Waals surface area contributed by atoms with Crippen LogP contribution in [0, 0.1) is 13.8 Å². The SMILES string of the molecule is Cc1cc2[nH]c(=O)[nH]c2c(NC(=O)c2ccc(N(C)C)nc2)c1C. The number of carbonyl (C=O) groups is 1. The molecule has 0 fully saturated rings. The minimum atomic E-state index is -0.303. The predicted molar refractivity (Wildman–Crippen MR) is 94.9 cm³/mol. The Bertz CT molecular complexity index is 967. The fourth-order valence-corrected chi connectivity index (χ4v) is 2.54. The molecule has 1 amide bonds. The molecule has 2 aromatic heterocycles. The molecule has 0 bridgehead atoms. The molecule has 0 saturated carbocycles. The number of aromatic amines is 2. The van der Waals surface area contributed by atoms with Gasteiger partial charge in [0.05, 0.1) is 22.3 Å². The summed E-state index contributed by atoms with van der Waals surface area (Å²) in [6.07, 6.45) is 1.53. The highest BCUT2D eigenvalue weighted by Crippen LogP contribution is 2.27. The summed E-state index contributed by atoms with van der Waals surface area (Å²) in [5.41, 5.74) is 3.90. The summed E-state index contributed by atoms with van der Waals surface area (Å²) < 4.78 is 0. The van der Waals surface area contributed by atoms with Gasteiger partial charge in [-0.05, 0) is 43.2 Å². The fourth-order valence-electron chi connectivity index (χ4n) is 2.54. The minimum Gasteiger partial charge on any atom is -0.363 e. The number of amides is 1. The van der Waals surface area contributed by atoms with Gasteiger partial charge in [-0.3, -0.25) is 4.79 Å². The zero-order valence-corrected chi connectivity index (χ0v) is 14.0. The first-order chi connectivity index (χ1) is 11.4. The van der Waals surface area contributed by atoms with E-state index >= 15 is 0 Å². The second-order valence-electron chi connectivity index (χ2n) is 5.95. The van der Waals surface area contributed by atoms with Gasteiger partial charge in [0, 0.05) is 20.3 Å². The third kappa shape index (κ3) is 2.76. The number of hydrogen-bond acceptors (Lipinski definition) is 4. The van der Waals surface area contributed by atoms with Crippen molar-refractivity contribution in [3.8, 4) is 0 Å². The van der Waals surface area contributed by atoms with E-state index in [4.69, 9.17) is 0 Å². The van der Waals surface area contributed by atoms with Gasteiger partial charge in [0.25, 0.3) is 5.91 Å². The number of H-pyrrole nitrogens is 2. The first kappa shape index (κ1) is 15.8. The largest absolute Gasteiger partial charge is 0.363 e. The Balaban J connectivity index is 1.98. The van der Waals surface area contributed by atoms with E-state index in [0.29, 0.717) is 22.3 Å². The topological polar surface area (TPSA) is 93.9 Å². The van der Waals surface area contributed by atoms with Crippen LogP contribution in [0.5, 0.6) is 0 Å². The lowest BCUT2D eigenvalue weighted by Crippen LogP contribution is -2.15. The van der Waals surface area contributed by atoms with Crippen molar-refractivity contribution in [2.75, 3.05) is 24.3 Å². The zero-order valence-electron chi connectivity index (χ0n) is 14.0. The average Bonchev–Trinajstić information content (AvgIpc) is 2.91. The maximum Gasteiger partial charge on any atom is 0.323 e. The monoisotopic (exact) mass is 325 g/mol. The molecule has 0 radical (unpaired) electrons. The number of aromatic nitrogens is 3. The molecule has 24 heavy (non-hydrogen) atoms. The van der Waals surface area contributed by atoms with Crippen molar-refractivity contribution in [3.05, 3.63) is 51.6 Å². The number of pyridine rings is 1. The molecule has 0 aliphatic heterocycles. The molecule has 3 aromatic rings. The van der Waals surface area contributed by atoms with Crippen LogP contribution in [-0.2, 0) is 0 Å².